The Labute approximate surface area is 142 Å². The minimum Gasteiger partial charge on any atom is -0.461 e. The number of nitrogens with zero attached hydrogens (tertiary/aromatic N) is 1. The molecular formula is C17H22N2O4S. The van der Waals surface area contributed by atoms with Gasteiger partial charge in [0, 0.05) is 19.3 Å². The maximum Gasteiger partial charge on any atom is 0.354 e. The number of hydrogen-bond acceptors (Lipinski definition) is 4. The second kappa shape index (κ2) is 7.19. The van der Waals surface area contributed by atoms with Crippen molar-refractivity contribution in [2.24, 2.45) is 7.05 Å². The average molecular weight is 350 g/mol. The van der Waals surface area contributed by atoms with Crippen LogP contribution in [0.2, 0.25) is 0 Å². The number of aromatic nitrogens is 1. The first-order valence-electron chi connectivity index (χ1n) is 7.67. The van der Waals surface area contributed by atoms with Gasteiger partial charge in [0.25, 0.3) is 0 Å². The Morgan fingerprint density at radius 1 is 1.33 bits per heavy atom. The van der Waals surface area contributed by atoms with Crippen LogP contribution >= 0.6 is 0 Å². The van der Waals surface area contributed by atoms with E-state index in [0.29, 0.717) is 0 Å². The number of esters is 1. The van der Waals surface area contributed by atoms with E-state index >= 15 is 0 Å². The predicted octanol–water partition coefficient (Wildman–Crippen LogP) is 2.55. The Morgan fingerprint density at radius 3 is 2.62 bits per heavy atom. The third-order valence-corrected chi connectivity index (χ3v) is 5.27. The zero-order valence-electron chi connectivity index (χ0n) is 14.2. The number of aryl methyl sites for hydroxylation is 2. The summed E-state index contributed by atoms with van der Waals surface area (Å²) in [5.41, 5.74) is 2.11. The highest BCUT2D eigenvalue weighted by atomic mass is 32.2. The van der Waals surface area contributed by atoms with E-state index < -0.39 is 16.0 Å². The van der Waals surface area contributed by atoms with Crippen LogP contribution in [0.15, 0.2) is 41.4 Å². The summed E-state index contributed by atoms with van der Waals surface area (Å²) in [4.78, 5) is 11.9. The van der Waals surface area contributed by atoms with Crippen molar-refractivity contribution >= 4 is 16.0 Å². The topological polar surface area (TPSA) is 77.4 Å². The van der Waals surface area contributed by atoms with Crippen LogP contribution in [0.4, 0.5) is 0 Å². The molecule has 130 valence electrons. The van der Waals surface area contributed by atoms with Crippen LogP contribution in [0.5, 0.6) is 0 Å². The van der Waals surface area contributed by atoms with E-state index in [9.17, 15) is 13.2 Å². The van der Waals surface area contributed by atoms with Gasteiger partial charge in [0.05, 0.1) is 6.61 Å². The van der Waals surface area contributed by atoms with Gasteiger partial charge in [-0.2, -0.15) is 0 Å². The fourth-order valence-corrected chi connectivity index (χ4v) is 3.82. The highest BCUT2D eigenvalue weighted by Crippen LogP contribution is 2.21. The monoisotopic (exact) mass is 350 g/mol. The molecule has 0 saturated carbocycles. The first kappa shape index (κ1) is 18.2. The lowest BCUT2D eigenvalue weighted by atomic mass is 10.0. The van der Waals surface area contributed by atoms with E-state index in [1.807, 2.05) is 31.2 Å². The van der Waals surface area contributed by atoms with E-state index in [1.165, 1.54) is 16.8 Å². The maximum absolute atomic E-state index is 12.6. The molecule has 7 heteroatoms. The zero-order valence-corrected chi connectivity index (χ0v) is 15.1. The quantitative estimate of drug-likeness (QED) is 0.812. The Morgan fingerprint density at radius 2 is 2.00 bits per heavy atom. The van der Waals surface area contributed by atoms with Crippen molar-refractivity contribution < 1.29 is 17.9 Å². The van der Waals surface area contributed by atoms with Crippen LogP contribution in [0.25, 0.3) is 0 Å². The van der Waals surface area contributed by atoms with Gasteiger partial charge in [0.1, 0.15) is 10.6 Å². The van der Waals surface area contributed by atoms with E-state index in [0.717, 1.165) is 11.1 Å². The SMILES string of the molecule is CCOC(=O)c1cc(S(=O)(=O)N[C@@H](C)c2ccccc2C)cn1C. The second-order valence-electron chi connectivity index (χ2n) is 5.59. The molecule has 1 atom stereocenters. The molecule has 1 aromatic heterocycles. The average Bonchev–Trinajstić information content (AvgIpc) is 2.90. The third kappa shape index (κ3) is 3.85. The minimum absolute atomic E-state index is 0.0356. The summed E-state index contributed by atoms with van der Waals surface area (Å²) in [6.45, 7) is 5.65. The molecule has 0 fully saturated rings. The van der Waals surface area contributed by atoms with Gasteiger partial charge in [0.15, 0.2) is 0 Å². The highest BCUT2D eigenvalue weighted by Gasteiger charge is 2.23. The molecule has 0 saturated heterocycles. The number of sulfonamides is 1. The van der Waals surface area contributed by atoms with E-state index in [4.69, 9.17) is 4.74 Å². The number of ether oxygens (including phenoxy) is 1. The molecular weight excluding hydrogens is 328 g/mol. The molecule has 0 aliphatic heterocycles. The lowest BCUT2D eigenvalue weighted by Crippen LogP contribution is -2.27. The van der Waals surface area contributed by atoms with Crippen molar-refractivity contribution in [3.63, 3.8) is 0 Å². The number of rotatable bonds is 6. The van der Waals surface area contributed by atoms with Crippen LogP contribution < -0.4 is 4.72 Å². The van der Waals surface area contributed by atoms with Gasteiger partial charge in [-0.3, -0.25) is 0 Å². The largest absolute Gasteiger partial charge is 0.461 e. The van der Waals surface area contributed by atoms with E-state index in [1.54, 1.807) is 20.9 Å². The summed E-state index contributed by atoms with van der Waals surface area (Å²) in [5.74, 6) is -0.548. The molecule has 24 heavy (non-hydrogen) atoms. The molecule has 6 nitrogen and oxygen atoms in total. The van der Waals surface area contributed by atoms with Crippen molar-refractivity contribution in [2.45, 2.75) is 31.7 Å². The van der Waals surface area contributed by atoms with Crippen LogP contribution in [0.3, 0.4) is 0 Å². The molecule has 0 bridgehead atoms. The highest BCUT2D eigenvalue weighted by molar-refractivity contribution is 7.89. The zero-order chi connectivity index (χ0) is 17.9. The lowest BCUT2D eigenvalue weighted by molar-refractivity contribution is 0.0515. The Balaban J connectivity index is 2.26. The van der Waals surface area contributed by atoms with Crippen molar-refractivity contribution in [2.75, 3.05) is 6.61 Å². The smallest absolute Gasteiger partial charge is 0.354 e. The summed E-state index contributed by atoms with van der Waals surface area (Å²) >= 11 is 0. The molecule has 2 aromatic rings. The number of benzene rings is 1. The molecule has 0 spiro atoms. The molecule has 0 radical (unpaired) electrons. The van der Waals surface area contributed by atoms with Gasteiger partial charge in [-0.25, -0.2) is 17.9 Å². The number of carbonyl (C=O) groups excluding carboxylic acids is 1. The second-order valence-corrected chi connectivity index (χ2v) is 7.31. The van der Waals surface area contributed by atoms with E-state index in [2.05, 4.69) is 4.72 Å². The first-order chi connectivity index (χ1) is 11.3. The lowest BCUT2D eigenvalue weighted by Gasteiger charge is -2.16. The summed E-state index contributed by atoms with van der Waals surface area (Å²) in [5, 5.41) is 0. The fourth-order valence-electron chi connectivity index (χ4n) is 2.53. The van der Waals surface area contributed by atoms with Crippen molar-refractivity contribution in [1.29, 1.82) is 0 Å². The maximum atomic E-state index is 12.6. The minimum atomic E-state index is -3.75. The first-order valence-corrected chi connectivity index (χ1v) is 9.16. The van der Waals surface area contributed by atoms with Gasteiger partial charge < -0.3 is 9.30 Å². The van der Waals surface area contributed by atoms with Crippen LogP contribution in [-0.4, -0.2) is 25.6 Å². The molecule has 1 N–H and O–H groups in total. The fraction of sp³-hybridized carbons (Fsp3) is 0.353. The number of hydrogen-bond donors (Lipinski definition) is 1. The molecule has 0 amide bonds. The standard InChI is InChI=1S/C17H22N2O4S/c1-5-23-17(20)16-10-14(11-19(16)4)24(21,22)18-13(3)15-9-7-6-8-12(15)2/h6-11,13,18H,5H2,1-4H3/t13-/m0/s1. The summed E-state index contributed by atoms with van der Waals surface area (Å²) < 4.78 is 34.2. The number of nitrogens with one attached hydrogen (secondary N) is 1. The van der Waals surface area contributed by atoms with Gasteiger partial charge in [-0.15, -0.1) is 0 Å². The summed E-state index contributed by atoms with van der Waals surface area (Å²) in [6.07, 6.45) is 1.40. The molecule has 2 rings (SSSR count). The van der Waals surface area contributed by atoms with Gasteiger partial charge >= 0.3 is 5.97 Å². The summed E-state index contributed by atoms with van der Waals surface area (Å²) in [7, 11) is -2.15. The molecule has 0 unspecified atom stereocenters. The molecule has 0 aliphatic rings. The van der Waals surface area contributed by atoms with Gasteiger partial charge in [-0.05, 0) is 38.0 Å². The van der Waals surface area contributed by atoms with Crippen LogP contribution in [0.1, 0.15) is 41.5 Å². The van der Waals surface area contributed by atoms with Crippen LogP contribution in [0, 0.1) is 6.92 Å². The molecule has 1 aromatic carbocycles. The van der Waals surface area contributed by atoms with Crippen molar-refractivity contribution in [1.82, 2.24) is 9.29 Å². The molecule has 1 heterocycles. The Bertz CT molecular complexity index is 840. The van der Waals surface area contributed by atoms with Crippen LogP contribution in [-0.2, 0) is 21.8 Å². The van der Waals surface area contributed by atoms with E-state index in [-0.39, 0.29) is 23.2 Å². The van der Waals surface area contributed by atoms with Gasteiger partial charge in [0.2, 0.25) is 10.0 Å². The summed E-state index contributed by atoms with van der Waals surface area (Å²) in [6, 6.07) is 8.53. The van der Waals surface area contributed by atoms with Gasteiger partial charge in [-0.1, -0.05) is 24.3 Å². The normalized spacial score (nSPS) is 12.8. The third-order valence-electron chi connectivity index (χ3n) is 3.76. The Kier molecular flexibility index (Phi) is 5.46. The predicted molar refractivity (Wildman–Crippen MR) is 91.3 cm³/mol. The van der Waals surface area contributed by atoms with Crippen molar-refractivity contribution in [3.05, 3.63) is 53.3 Å². The van der Waals surface area contributed by atoms with Crippen molar-refractivity contribution in [3.8, 4) is 0 Å². The number of carbonyl (C=O) groups is 1. The Hall–Kier alpha value is -2.12. The molecule has 0 aliphatic carbocycles.